The number of thiophene rings is 2. The molecule has 2 aromatic rings. The number of methoxy groups -OCH3 is 2. The average Bonchev–Trinajstić information content (AvgIpc) is 3.79. The van der Waals surface area contributed by atoms with Crippen molar-refractivity contribution in [1.29, 1.82) is 0 Å². The van der Waals surface area contributed by atoms with Gasteiger partial charge >= 0.3 is 41.5 Å². The second kappa shape index (κ2) is 31.7. The topological polar surface area (TPSA) is 171 Å². The van der Waals surface area contributed by atoms with Crippen LogP contribution >= 0.6 is 22.7 Å². The molecule has 0 saturated carbocycles. The van der Waals surface area contributed by atoms with Crippen LogP contribution in [0.3, 0.4) is 0 Å². The van der Waals surface area contributed by atoms with Crippen molar-refractivity contribution in [1.82, 2.24) is 0 Å². The van der Waals surface area contributed by atoms with E-state index in [1.807, 2.05) is 22.9 Å². The van der Waals surface area contributed by atoms with Crippen LogP contribution in [0.15, 0.2) is 35.0 Å². The van der Waals surface area contributed by atoms with E-state index in [1.165, 1.54) is 49.0 Å². The molecule has 0 saturated heterocycles. The smallest absolute Gasteiger partial charge is 1.00 e. The number of rotatable bonds is 24. The van der Waals surface area contributed by atoms with Gasteiger partial charge in [0.15, 0.2) is 5.78 Å². The van der Waals surface area contributed by atoms with E-state index in [9.17, 15) is 39.9 Å². The van der Waals surface area contributed by atoms with Crippen molar-refractivity contribution in [3.8, 4) is 0 Å². The number of aliphatic hydroxyl groups excluding tert-OH is 5. The van der Waals surface area contributed by atoms with Crippen LogP contribution in [0.1, 0.15) is 137 Å². The molecule has 5 N–H and O–H groups in total. The van der Waals surface area contributed by atoms with E-state index in [-0.39, 0.29) is 70.0 Å². The van der Waals surface area contributed by atoms with Gasteiger partial charge in [-0.2, -0.15) is 0 Å². The van der Waals surface area contributed by atoms with Gasteiger partial charge in [-0.1, -0.05) is 70.3 Å². The fourth-order valence-electron chi connectivity index (χ4n) is 4.90. The zero-order valence-corrected chi connectivity index (χ0v) is 35.2. The molecule has 2 aromatic heterocycles. The van der Waals surface area contributed by atoms with Gasteiger partial charge in [0, 0.05) is 32.6 Å². The summed E-state index contributed by atoms with van der Waals surface area (Å²) in [5, 5.41) is 54.0. The fraction of sp³-hybridized carbons (Fsp3) is 0.605. The summed E-state index contributed by atoms with van der Waals surface area (Å²) in [6.45, 7) is 4.23. The van der Waals surface area contributed by atoms with Crippen LogP contribution in [-0.4, -0.2) is 90.3 Å². The maximum atomic E-state index is 12.2. The van der Waals surface area contributed by atoms with Gasteiger partial charge in [-0.25, -0.2) is 0 Å². The quantitative estimate of drug-likeness (QED) is 0.0458. The Balaban J connectivity index is -0.000000893. The maximum absolute atomic E-state index is 12.2. The van der Waals surface area contributed by atoms with Crippen molar-refractivity contribution >= 4 is 61.0 Å². The Kier molecular flexibility index (Phi) is 32.0. The van der Waals surface area contributed by atoms with E-state index in [2.05, 4.69) is 23.3 Å². The molecule has 0 bridgehead atoms. The summed E-state index contributed by atoms with van der Waals surface area (Å²) < 4.78 is 9.07. The fourth-order valence-corrected chi connectivity index (χ4v) is 6.67. The zero-order chi connectivity index (χ0) is 37.3. The number of hydrogen-bond acceptors (Lipinski definition) is 12. The average molecular weight is 774 g/mol. The van der Waals surface area contributed by atoms with Crippen LogP contribution in [0.4, 0.5) is 0 Å². The standard InChI is InChI=1S/C19H30O5S.C19H28O5S.B.Na.H/c2*1-3-4-5-7-17(22)19-14(12-13-25-19)10-11-16(21)15(20)8-6-9-18(23)24-2;;;/h10-13,15-17,20-22H,3-9H2,1-2H3;10-13,15-16,20-21H,3-9H2,1-2H3;;;/q;;;+1;-1/b2*11-10+;;;/t15-,16+,17?;15-,16+;;;/m00.../s1. The van der Waals surface area contributed by atoms with Crippen molar-refractivity contribution in [2.24, 2.45) is 0 Å². The number of carbonyl (C=O) groups is 3. The predicted molar refractivity (Wildman–Crippen MR) is 207 cm³/mol. The van der Waals surface area contributed by atoms with Gasteiger partial charge in [-0.15, -0.1) is 22.7 Å². The molecule has 0 aliphatic rings. The Bertz CT molecular complexity index is 1310. The third-order valence-electron chi connectivity index (χ3n) is 8.02. The van der Waals surface area contributed by atoms with E-state index < -0.39 is 30.5 Å². The molecular formula is C38H59BNaO10S2. The minimum Gasteiger partial charge on any atom is -1.00 e. The Morgan fingerprint density at radius 1 is 0.692 bits per heavy atom. The second-order valence-electron chi connectivity index (χ2n) is 12.1. The van der Waals surface area contributed by atoms with Gasteiger partial charge in [0.1, 0.15) is 0 Å². The van der Waals surface area contributed by atoms with Crippen LogP contribution < -0.4 is 29.6 Å². The Morgan fingerprint density at radius 3 is 1.69 bits per heavy atom. The predicted octanol–water partition coefficient (Wildman–Crippen LogP) is 3.77. The maximum Gasteiger partial charge on any atom is 1.00 e. The molecular weight excluding hydrogens is 714 g/mol. The first-order valence-corrected chi connectivity index (χ1v) is 19.3. The normalized spacial score (nSPS) is 13.9. The van der Waals surface area contributed by atoms with E-state index in [0.29, 0.717) is 37.0 Å². The molecule has 2 rings (SSSR count). The van der Waals surface area contributed by atoms with Gasteiger partial charge < -0.3 is 36.4 Å². The number of ether oxygens (including phenoxy) is 2. The number of esters is 2. The Morgan fingerprint density at radius 2 is 1.17 bits per heavy atom. The van der Waals surface area contributed by atoms with E-state index in [4.69, 9.17) is 0 Å². The molecule has 5 atom stereocenters. The number of Topliss-reactive ketones (excluding diaryl/α,β-unsaturated/α-hetero) is 1. The first-order chi connectivity index (χ1) is 24.0. The number of carbonyl (C=O) groups excluding carboxylic acids is 3. The number of unbranched alkanes of at least 4 members (excludes halogenated alkanes) is 4. The SMILES string of the molecule is CCCCCC(=O)c1sccc1/C=C/[C@@H](O)[C@@H](O)CCCC(=O)OC.CCCCCC(O)c1sccc1/C=C/[C@@H](O)[C@@H](O)CCCC(=O)OC.[B].[H-].[Na+]. The third kappa shape index (κ3) is 21.9. The van der Waals surface area contributed by atoms with Gasteiger partial charge in [-0.05, 0) is 72.5 Å². The van der Waals surface area contributed by atoms with Gasteiger partial charge in [0.2, 0.25) is 0 Å². The van der Waals surface area contributed by atoms with Crippen LogP contribution in [0, 0.1) is 0 Å². The summed E-state index contributed by atoms with van der Waals surface area (Å²) in [5.41, 5.74) is 1.64. The molecule has 52 heavy (non-hydrogen) atoms. The van der Waals surface area contributed by atoms with Crippen LogP contribution in [-0.2, 0) is 19.1 Å². The van der Waals surface area contributed by atoms with E-state index >= 15 is 0 Å². The van der Waals surface area contributed by atoms with Crippen LogP contribution in [0.5, 0.6) is 0 Å². The van der Waals surface area contributed by atoms with Crippen molar-refractivity contribution in [2.45, 2.75) is 134 Å². The van der Waals surface area contributed by atoms with Gasteiger partial charge in [0.25, 0.3) is 0 Å². The molecule has 0 aliphatic carbocycles. The molecule has 1 unspecified atom stereocenters. The minimum atomic E-state index is -1.04. The molecule has 0 amide bonds. The summed E-state index contributed by atoms with van der Waals surface area (Å²) in [4.78, 5) is 35.9. The Hall–Kier alpha value is -1.65. The second-order valence-corrected chi connectivity index (χ2v) is 14.0. The van der Waals surface area contributed by atoms with Crippen molar-refractivity contribution in [3.63, 3.8) is 0 Å². The summed E-state index contributed by atoms with van der Waals surface area (Å²) in [7, 11) is 2.64. The summed E-state index contributed by atoms with van der Waals surface area (Å²) in [6, 6.07) is 3.74. The zero-order valence-electron chi connectivity index (χ0n) is 32.6. The molecule has 0 aliphatic heterocycles. The Labute approximate surface area is 343 Å². The van der Waals surface area contributed by atoms with Crippen LogP contribution in [0.2, 0.25) is 0 Å². The van der Waals surface area contributed by atoms with E-state index in [1.54, 1.807) is 12.2 Å². The third-order valence-corrected chi connectivity index (χ3v) is 10.0. The molecule has 0 fully saturated rings. The largest absolute Gasteiger partial charge is 1.00 e. The molecule has 2 heterocycles. The van der Waals surface area contributed by atoms with Crippen molar-refractivity contribution in [3.05, 3.63) is 55.9 Å². The first-order valence-electron chi connectivity index (χ1n) is 17.6. The number of ketones is 1. The molecule has 0 spiro atoms. The number of hydrogen-bond donors (Lipinski definition) is 5. The summed E-state index contributed by atoms with van der Waals surface area (Å²) in [6.07, 6.45) is 11.4. The summed E-state index contributed by atoms with van der Waals surface area (Å²) in [5.74, 6) is -0.532. The van der Waals surface area contributed by atoms with Crippen molar-refractivity contribution in [2.75, 3.05) is 14.2 Å². The first kappa shape index (κ1) is 52.5. The van der Waals surface area contributed by atoms with Crippen molar-refractivity contribution < 1.29 is 80.4 Å². The summed E-state index contributed by atoms with van der Waals surface area (Å²) >= 11 is 2.90. The van der Waals surface area contributed by atoms with Gasteiger partial charge in [0.05, 0.1) is 49.6 Å². The molecule has 3 radical (unpaired) electrons. The molecule has 14 heteroatoms. The number of aliphatic hydroxyl groups is 5. The molecule has 10 nitrogen and oxygen atoms in total. The molecule has 287 valence electrons. The van der Waals surface area contributed by atoms with Gasteiger partial charge in [-0.3, -0.25) is 14.4 Å². The molecule has 0 aromatic carbocycles. The monoisotopic (exact) mass is 773 g/mol. The van der Waals surface area contributed by atoms with Crippen LogP contribution in [0.25, 0.3) is 12.2 Å². The minimum absolute atomic E-state index is 0. The van der Waals surface area contributed by atoms with E-state index in [0.717, 1.165) is 60.9 Å².